The first-order valence-corrected chi connectivity index (χ1v) is 9.73. The number of carbonyl (C=O) groups excluding carboxylic acids is 2. The van der Waals surface area contributed by atoms with Crippen LogP contribution in [-0.2, 0) is 23.3 Å². The predicted octanol–water partition coefficient (Wildman–Crippen LogP) is 1.24. The number of aromatic nitrogens is 2. The Balaban J connectivity index is 1.23. The standard InChI is InChI=1S/C18H25N5O4/c1-9-11-4-5-12(9)16-15(11)13(19-21(16)2)8-27-20-17(24)14-6-3-10-7-22(14)18(25)23(10)26/h9-12,14,26H,3-8H2,1-2H3,(H,20,24)/t9-,10-,11?,12?,14-/m0/s1. The van der Waals surface area contributed by atoms with Crippen LogP contribution in [0.4, 0.5) is 4.79 Å². The van der Waals surface area contributed by atoms with Crippen molar-refractivity contribution in [3.8, 4) is 0 Å². The molecule has 9 nitrogen and oxygen atoms in total. The third-order valence-electron chi connectivity index (χ3n) is 7.02. The quantitative estimate of drug-likeness (QED) is 0.609. The highest BCUT2D eigenvalue weighted by Gasteiger charge is 2.48. The minimum Gasteiger partial charge on any atom is -0.309 e. The maximum Gasteiger partial charge on any atom is 0.344 e. The highest BCUT2D eigenvalue weighted by molar-refractivity contribution is 5.87. The molecular formula is C18H25N5O4. The Labute approximate surface area is 157 Å². The second-order valence-electron chi connectivity index (χ2n) is 8.30. The van der Waals surface area contributed by atoms with Gasteiger partial charge in [0.2, 0.25) is 0 Å². The molecular weight excluding hydrogens is 350 g/mol. The number of fused-ring (bicyclic) bond motifs is 7. The Morgan fingerprint density at radius 2 is 2.07 bits per heavy atom. The Morgan fingerprint density at radius 1 is 1.30 bits per heavy atom. The van der Waals surface area contributed by atoms with E-state index < -0.39 is 12.1 Å². The molecule has 0 aromatic carbocycles. The molecule has 2 unspecified atom stereocenters. The van der Waals surface area contributed by atoms with Gasteiger partial charge in [-0.15, -0.1) is 0 Å². The normalized spacial score (nSPS) is 33.7. The van der Waals surface area contributed by atoms with Crippen molar-refractivity contribution in [2.24, 2.45) is 13.0 Å². The van der Waals surface area contributed by atoms with Crippen molar-refractivity contribution in [1.82, 2.24) is 25.2 Å². The summed E-state index contributed by atoms with van der Waals surface area (Å²) in [6.45, 7) is 2.91. The molecule has 9 heteroatoms. The van der Waals surface area contributed by atoms with Crippen molar-refractivity contribution in [1.29, 1.82) is 0 Å². The van der Waals surface area contributed by atoms with E-state index in [0.717, 1.165) is 10.8 Å². The van der Waals surface area contributed by atoms with Crippen LogP contribution in [0.2, 0.25) is 0 Å². The minimum atomic E-state index is -0.601. The molecule has 3 amide bonds. The summed E-state index contributed by atoms with van der Waals surface area (Å²) in [4.78, 5) is 31.4. The van der Waals surface area contributed by atoms with Crippen LogP contribution in [0.3, 0.4) is 0 Å². The van der Waals surface area contributed by atoms with Crippen molar-refractivity contribution in [3.63, 3.8) is 0 Å². The van der Waals surface area contributed by atoms with Gasteiger partial charge < -0.3 is 4.90 Å². The number of nitrogens with one attached hydrogen (secondary N) is 1. The predicted molar refractivity (Wildman–Crippen MR) is 92.6 cm³/mol. The number of urea groups is 1. The zero-order chi connectivity index (χ0) is 18.9. The highest BCUT2D eigenvalue weighted by Crippen LogP contribution is 2.57. The number of aryl methyl sites for hydroxylation is 1. The largest absolute Gasteiger partial charge is 0.344 e. The second-order valence-corrected chi connectivity index (χ2v) is 8.30. The molecule has 2 N–H and O–H groups in total. The Bertz CT molecular complexity index is 808. The molecule has 2 saturated heterocycles. The van der Waals surface area contributed by atoms with Crippen LogP contribution in [0, 0.1) is 5.92 Å². The van der Waals surface area contributed by atoms with Gasteiger partial charge in [0.15, 0.2) is 0 Å². The van der Waals surface area contributed by atoms with Crippen molar-refractivity contribution in [2.45, 2.75) is 63.1 Å². The first-order valence-electron chi connectivity index (χ1n) is 9.73. The third-order valence-corrected chi connectivity index (χ3v) is 7.02. The van der Waals surface area contributed by atoms with Crippen LogP contribution in [0.25, 0.3) is 0 Å². The minimum absolute atomic E-state index is 0.212. The summed E-state index contributed by atoms with van der Waals surface area (Å²) in [6, 6.07) is -1.32. The molecule has 3 fully saturated rings. The summed E-state index contributed by atoms with van der Waals surface area (Å²) in [5.41, 5.74) is 6.02. The van der Waals surface area contributed by atoms with Crippen LogP contribution in [0.1, 0.15) is 61.4 Å². The van der Waals surface area contributed by atoms with E-state index in [0.29, 0.717) is 37.1 Å². The topological polar surface area (TPSA) is 99.9 Å². The Kier molecular flexibility index (Phi) is 3.74. The molecule has 5 rings (SSSR count). The van der Waals surface area contributed by atoms with Gasteiger partial charge in [-0.05, 0) is 37.5 Å². The molecule has 5 atom stereocenters. The molecule has 0 radical (unpaired) electrons. The molecule has 3 heterocycles. The number of hydrogen-bond donors (Lipinski definition) is 2. The van der Waals surface area contributed by atoms with E-state index in [2.05, 4.69) is 17.5 Å². The van der Waals surface area contributed by atoms with Crippen molar-refractivity contribution in [2.75, 3.05) is 6.54 Å². The van der Waals surface area contributed by atoms with Crippen LogP contribution in [-0.4, -0.2) is 55.5 Å². The van der Waals surface area contributed by atoms with Gasteiger partial charge in [-0.25, -0.2) is 15.3 Å². The zero-order valence-corrected chi connectivity index (χ0v) is 15.6. The number of nitrogens with zero attached hydrogens (tertiary/aromatic N) is 4. The average Bonchev–Trinajstić information content (AvgIpc) is 3.34. The summed E-state index contributed by atoms with van der Waals surface area (Å²) in [6.07, 6.45) is 3.54. The Hall–Kier alpha value is -2.13. The molecule has 1 aromatic rings. The molecule has 2 aliphatic heterocycles. The number of rotatable bonds is 4. The number of amides is 3. The van der Waals surface area contributed by atoms with Crippen molar-refractivity contribution < 1.29 is 19.6 Å². The molecule has 27 heavy (non-hydrogen) atoms. The van der Waals surface area contributed by atoms with Gasteiger partial charge in [0.25, 0.3) is 5.91 Å². The number of carbonyl (C=O) groups is 2. The Morgan fingerprint density at radius 3 is 2.89 bits per heavy atom. The summed E-state index contributed by atoms with van der Waals surface area (Å²) < 4.78 is 1.97. The maximum absolute atomic E-state index is 12.5. The smallest absolute Gasteiger partial charge is 0.309 e. The molecule has 1 aromatic heterocycles. The first kappa shape index (κ1) is 17.0. The van der Waals surface area contributed by atoms with Crippen LogP contribution < -0.4 is 5.48 Å². The monoisotopic (exact) mass is 375 g/mol. The zero-order valence-electron chi connectivity index (χ0n) is 15.6. The van der Waals surface area contributed by atoms with E-state index in [-0.39, 0.29) is 18.6 Å². The molecule has 146 valence electrons. The lowest BCUT2D eigenvalue weighted by Crippen LogP contribution is -2.49. The lowest BCUT2D eigenvalue weighted by atomic mass is 9.94. The van der Waals surface area contributed by atoms with Crippen LogP contribution in [0.15, 0.2) is 0 Å². The van der Waals surface area contributed by atoms with Gasteiger partial charge in [-0.3, -0.25) is 19.5 Å². The lowest BCUT2D eigenvalue weighted by molar-refractivity contribution is -0.140. The number of piperidine rings is 1. The molecule has 2 aliphatic carbocycles. The van der Waals surface area contributed by atoms with Gasteiger partial charge in [0, 0.05) is 30.8 Å². The number of hydrogen-bond acceptors (Lipinski definition) is 5. The summed E-state index contributed by atoms with van der Waals surface area (Å²) in [7, 11) is 1.98. The van der Waals surface area contributed by atoms with Crippen molar-refractivity contribution in [3.05, 3.63) is 17.0 Å². The fourth-order valence-electron chi connectivity index (χ4n) is 5.69. The lowest BCUT2D eigenvalue weighted by Gasteiger charge is -2.28. The van der Waals surface area contributed by atoms with Gasteiger partial charge in [0.1, 0.15) is 12.6 Å². The fraction of sp³-hybridized carbons (Fsp3) is 0.722. The molecule has 0 spiro atoms. The molecule has 1 saturated carbocycles. The summed E-state index contributed by atoms with van der Waals surface area (Å²) in [5, 5.41) is 15.1. The van der Waals surface area contributed by atoms with E-state index in [1.807, 2.05) is 11.7 Å². The van der Waals surface area contributed by atoms with Gasteiger partial charge >= 0.3 is 6.03 Å². The SMILES string of the molecule is C[C@H]1C2CCC1c1c2c(CONC(=O)[C@@H]2CC[C@H]3CN2C(=O)N3O)nn1C. The second kappa shape index (κ2) is 5.93. The fourth-order valence-corrected chi connectivity index (χ4v) is 5.69. The van der Waals surface area contributed by atoms with E-state index in [1.165, 1.54) is 29.0 Å². The van der Waals surface area contributed by atoms with E-state index in [4.69, 9.17) is 4.84 Å². The summed E-state index contributed by atoms with van der Waals surface area (Å²) >= 11 is 0. The van der Waals surface area contributed by atoms with E-state index in [1.54, 1.807) is 0 Å². The van der Waals surface area contributed by atoms with E-state index in [9.17, 15) is 14.8 Å². The highest BCUT2D eigenvalue weighted by atomic mass is 16.7. The number of hydroxylamine groups is 3. The third kappa shape index (κ3) is 2.34. The average molecular weight is 375 g/mol. The van der Waals surface area contributed by atoms with Gasteiger partial charge in [-0.2, -0.15) is 5.10 Å². The first-order chi connectivity index (χ1) is 13.0. The van der Waals surface area contributed by atoms with Gasteiger partial charge in [-0.1, -0.05) is 6.92 Å². The van der Waals surface area contributed by atoms with Crippen LogP contribution in [0.5, 0.6) is 0 Å². The van der Waals surface area contributed by atoms with E-state index >= 15 is 0 Å². The molecule has 4 bridgehead atoms. The van der Waals surface area contributed by atoms with Gasteiger partial charge in [0.05, 0.1) is 11.7 Å². The maximum atomic E-state index is 12.5. The summed E-state index contributed by atoms with van der Waals surface area (Å²) in [5.74, 6) is 1.43. The van der Waals surface area contributed by atoms with Crippen LogP contribution >= 0.6 is 0 Å². The van der Waals surface area contributed by atoms with Crippen molar-refractivity contribution >= 4 is 11.9 Å². The molecule has 4 aliphatic rings.